The van der Waals surface area contributed by atoms with Crippen molar-refractivity contribution < 1.29 is 9.50 Å². The molecule has 130 valence electrons. The molecule has 5 heteroatoms. The summed E-state index contributed by atoms with van der Waals surface area (Å²) in [5.74, 6) is 0.0277. The summed E-state index contributed by atoms with van der Waals surface area (Å²) in [5, 5.41) is 11.3. The predicted molar refractivity (Wildman–Crippen MR) is 97.3 cm³/mol. The zero-order valence-corrected chi connectivity index (χ0v) is 14.2. The monoisotopic (exact) mass is 339 g/mol. The first-order valence-corrected chi connectivity index (χ1v) is 8.60. The van der Waals surface area contributed by atoms with E-state index in [0.717, 1.165) is 48.2 Å². The van der Waals surface area contributed by atoms with E-state index in [-0.39, 0.29) is 17.6 Å². The van der Waals surface area contributed by atoms with Crippen LogP contribution in [0.1, 0.15) is 17.2 Å². The number of halogens is 1. The summed E-state index contributed by atoms with van der Waals surface area (Å²) in [7, 11) is 2.12. The Morgan fingerprint density at radius 2 is 1.80 bits per heavy atom. The second kappa shape index (κ2) is 6.50. The van der Waals surface area contributed by atoms with Gasteiger partial charge in [0.15, 0.2) is 0 Å². The van der Waals surface area contributed by atoms with Gasteiger partial charge in [-0.2, -0.15) is 0 Å². The summed E-state index contributed by atoms with van der Waals surface area (Å²) in [5.41, 5.74) is 2.77. The fourth-order valence-electron chi connectivity index (χ4n) is 3.70. The molecule has 3 aromatic rings. The maximum absolute atomic E-state index is 13.8. The number of nitrogens with zero attached hydrogens (tertiary/aromatic N) is 2. The molecule has 0 spiro atoms. The molecule has 0 amide bonds. The molecule has 25 heavy (non-hydrogen) atoms. The summed E-state index contributed by atoms with van der Waals surface area (Å²) < 4.78 is 13.8. The van der Waals surface area contributed by atoms with Crippen molar-refractivity contribution in [1.29, 1.82) is 0 Å². The van der Waals surface area contributed by atoms with Gasteiger partial charge >= 0.3 is 0 Å². The molecule has 0 saturated carbocycles. The molecule has 1 aliphatic heterocycles. The van der Waals surface area contributed by atoms with Gasteiger partial charge in [0, 0.05) is 48.8 Å². The van der Waals surface area contributed by atoms with E-state index in [2.05, 4.69) is 21.8 Å². The Morgan fingerprint density at radius 3 is 2.56 bits per heavy atom. The number of hydrogen-bond donors (Lipinski definition) is 2. The Labute approximate surface area is 146 Å². The largest absolute Gasteiger partial charge is 0.508 e. The minimum atomic E-state index is -0.247. The first-order valence-electron chi connectivity index (χ1n) is 8.60. The van der Waals surface area contributed by atoms with Crippen molar-refractivity contribution in [1.82, 2.24) is 14.8 Å². The number of phenolic OH excluding ortho intramolecular Hbond substituents is 1. The molecule has 1 aliphatic rings. The molecular formula is C20H22FN3O. The van der Waals surface area contributed by atoms with Gasteiger partial charge in [-0.15, -0.1) is 0 Å². The van der Waals surface area contributed by atoms with E-state index >= 15 is 0 Å². The van der Waals surface area contributed by atoms with Crippen LogP contribution in [0.15, 0.2) is 48.7 Å². The number of hydrogen-bond acceptors (Lipinski definition) is 3. The van der Waals surface area contributed by atoms with Crippen LogP contribution in [-0.2, 0) is 0 Å². The fourth-order valence-corrected chi connectivity index (χ4v) is 3.70. The summed E-state index contributed by atoms with van der Waals surface area (Å²) in [6.07, 6.45) is 1.94. The van der Waals surface area contributed by atoms with Gasteiger partial charge < -0.3 is 15.0 Å². The highest BCUT2D eigenvalue weighted by atomic mass is 19.1. The molecule has 4 nitrogen and oxygen atoms in total. The van der Waals surface area contributed by atoms with E-state index < -0.39 is 0 Å². The Balaban J connectivity index is 1.85. The lowest BCUT2D eigenvalue weighted by atomic mass is 9.95. The lowest BCUT2D eigenvalue weighted by molar-refractivity contribution is 0.126. The second-order valence-electron chi connectivity index (χ2n) is 6.73. The molecule has 2 N–H and O–H groups in total. The van der Waals surface area contributed by atoms with Crippen LogP contribution in [0.5, 0.6) is 5.75 Å². The predicted octanol–water partition coefficient (Wildman–Crippen LogP) is 3.35. The van der Waals surface area contributed by atoms with Crippen LogP contribution in [0.4, 0.5) is 4.39 Å². The van der Waals surface area contributed by atoms with Crippen molar-refractivity contribution >= 4 is 10.9 Å². The number of para-hydroxylation sites is 1. The van der Waals surface area contributed by atoms with Gasteiger partial charge in [0.1, 0.15) is 11.6 Å². The third kappa shape index (κ3) is 3.01. The minimum absolute atomic E-state index is 0.106. The van der Waals surface area contributed by atoms with Crippen molar-refractivity contribution in [3.8, 4) is 5.75 Å². The van der Waals surface area contributed by atoms with Crippen LogP contribution in [-0.4, -0.2) is 53.1 Å². The molecular weight excluding hydrogens is 317 g/mol. The molecule has 1 aromatic heterocycles. The number of fused-ring (bicyclic) bond motifs is 1. The molecule has 4 rings (SSSR count). The van der Waals surface area contributed by atoms with E-state index in [1.54, 1.807) is 18.2 Å². The quantitative estimate of drug-likeness (QED) is 0.769. The number of nitrogens with one attached hydrogen (secondary N) is 1. The van der Waals surface area contributed by atoms with Crippen molar-refractivity contribution in [3.63, 3.8) is 0 Å². The van der Waals surface area contributed by atoms with E-state index in [1.165, 1.54) is 6.07 Å². The zero-order chi connectivity index (χ0) is 17.4. The molecule has 0 aliphatic carbocycles. The molecule has 1 saturated heterocycles. The van der Waals surface area contributed by atoms with Crippen LogP contribution < -0.4 is 0 Å². The fraction of sp³-hybridized carbons (Fsp3) is 0.300. The van der Waals surface area contributed by atoms with Crippen LogP contribution in [0, 0.1) is 5.82 Å². The summed E-state index contributed by atoms with van der Waals surface area (Å²) in [6.45, 7) is 3.75. The number of likely N-dealkylation sites (N-methyl/N-ethyl adjacent to an activating group) is 1. The lowest BCUT2D eigenvalue weighted by Gasteiger charge is -2.38. The number of aromatic hydroxyl groups is 1. The maximum Gasteiger partial charge on any atom is 0.123 e. The number of H-pyrrole nitrogens is 1. The molecule has 1 fully saturated rings. The van der Waals surface area contributed by atoms with Gasteiger partial charge in [-0.1, -0.05) is 18.2 Å². The smallest absolute Gasteiger partial charge is 0.123 e. The van der Waals surface area contributed by atoms with Gasteiger partial charge in [-0.3, -0.25) is 4.90 Å². The lowest BCUT2D eigenvalue weighted by Crippen LogP contribution is -2.46. The van der Waals surface area contributed by atoms with E-state index in [9.17, 15) is 9.50 Å². The SMILES string of the molecule is CN1CCN(C(c2ccccc2O)c2c[nH]c3ccc(F)cc23)CC1. The van der Waals surface area contributed by atoms with Crippen LogP contribution in [0.2, 0.25) is 0 Å². The number of piperazine rings is 1. The van der Waals surface area contributed by atoms with Crippen LogP contribution >= 0.6 is 0 Å². The van der Waals surface area contributed by atoms with E-state index in [0.29, 0.717) is 0 Å². The highest BCUT2D eigenvalue weighted by Crippen LogP contribution is 2.38. The van der Waals surface area contributed by atoms with Gasteiger partial charge in [-0.25, -0.2) is 4.39 Å². The van der Waals surface area contributed by atoms with Crippen molar-refractivity contribution in [3.05, 3.63) is 65.6 Å². The van der Waals surface area contributed by atoms with E-state index in [1.807, 2.05) is 24.4 Å². The Bertz CT molecular complexity index is 884. The van der Waals surface area contributed by atoms with Gasteiger partial charge in [-0.05, 0) is 36.9 Å². The molecule has 1 atom stereocenters. The van der Waals surface area contributed by atoms with Crippen LogP contribution in [0.3, 0.4) is 0 Å². The number of phenols is 1. The third-order valence-corrected chi connectivity index (χ3v) is 5.10. The topological polar surface area (TPSA) is 42.5 Å². The minimum Gasteiger partial charge on any atom is -0.508 e. The van der Waals surface area contributed by atoms with Gasteiger partial charge in [0.2, 0.25) is 0 Å². The summed E-state index contributed by atoms with van der Waals surface area (Å²) >= 11 is 0. The van der Waals surface area contributed by atoms with Crippen LogP contribution in [0.25, 0.3) is 10.9 Å². The third-order valence-electron chi connectivity index (χ3n) is 5.10. The molecule has 0 bridgehead atoms. The molecule has 2 heterocycles. The first kappa shape index (κ1) is 16.1. The van der Waals surface area contributed by atoms with Crippen molar-refractivity contribution in [2.75, 3.05) is 33.2 Å². The highest BCUT2D eigenvalue weighted by Gasteiger charge is 2.29. The average Bonchev–Trinajstić information content (AvgIpc) is 3.01. The summed E-state index contributed by atoms with van der Waals surface area (Å²) in [4.78, 5) is 7.91. The number of benzene rings is 2. The second-order valence-corrected chi connectivity index (χ2v) is 6.73. The van der Waals surface area contributed by atoms with Gasteiger partial charge in [0.25, 0.3) is 0 Å². The number of aromatic nitrogens is 1. The Kier molecular flexibility index (Phi) is 4.19. The van der Waals surface area contributed by atoms with Crippen molar-refractivity contribution in [2.45, 2.75) is 6.04 Å². The summed E-state index contributed by atoms with van der Waals surface area (Å²) in [6, 6.07) is 12.1. The first-order chi connectivity index (χ1) is 12.1. The number of aromatic amines is 1. The standard InChI is InChI=1S/C20H22FN3O/c1-23-8-10-24(11-9-23)20(15-4-2-3-5-19(15)25)17-13-22-18-7-6-14(21)12-16(17)18/h2-7,12-13,20,22,25H,8-11H2,1H3. The number of rotatable bonds is 3. The van der Waals surface area contributed by atoms with Crippen molar-refractivity contribution in [2.24, 2.45) is 0 Å². The maximum atomic E-state index is 13.8. The van der Waals surface area contributed by atoms with Gasteiger partial charge in [0.05, 0.1) is 6.04 Å². The molecule has 1 unspecified atom stereocenters. The molecule has 2 aromatic carbocycles. The van der Waals surface area contributed by atoms with E-state index in [4.69, 9.17) is 0 Å². The Hall–Kier alpha value is -2.37. The Morgan fingerprint density at radius 1 is 1.04 bits per heavy atom. The normalized spacial score (nSPS) is 17.8. The molecule has 0 radical (unpaired) electrons. The zero-order valence-electron chi connectivity index (χ0n) is 14.2. The average molecular weight is 339 g/mol. The highest BCUT2D eigenvalue weighted by molar-refractivity contribution is 5.84.